The van der Waals surface area contributed by atoms with Gasteiger partial charge in [0.2, 0.25) is 0 Å². The van der Waals surface area contributed by atoms with E-state index in [4.69, 9.17) is 27.9 Å². The zero-order valence-electron chi connectivity index (χ0n) is 12.8. The predicted molar refractivity (Wildman–Crippen MR) is 81.2 cm³/mol. The number of rotatable bonds is 4. The van der Waals surface area contributed by atoms with Crippen LogP contribution < -0.4 is 0 Å². The lowest BCUT2D eigenvalue weighted by Crippen LogP contribution is -2.48. The van der Waals surface area contributed by atoms with Crippen LogP contribution >= 0.6 is 23.2 Å². The lowest BCUT2D eigenvalue weighted by molar-refractivity contribution is -0.164. The van der Waals surface area contributed by atoms with E-state index in [-0.39, 0.29) is 10.4 Å². The molecule has 0 aromatic heterocycles. The first-order valence-electron chi connectivity index (χ1n) is 7.07. The van der Waals surface area contributed by atoms with Crippen LogP contribution in [0.2, 0.25) is 0 Å². The number of hydrogen-bond acceptors (Lipinski definition) is 2. The smallest absolute Gasteiger partial charge is 0.309 e. The van der Waals surface area contributed by atoms with E-state index in [1.54, 1.807) is 6.08 Å². The monoisotopic (exact) mass is 384 g/mol. The molecule has 2 nitrogen and oxygen atoms in total. The van der Waals surface area contributed by atoms with Gasteiger partial charge in [-0.3, -0.25) is 4.79 Å². The Hall–Kier alpha value is -1.27. The van der Waals surface area contributed by atoms with E-state index in [0.29, 0.717) is 12.5 Å². The van der Waals surface area contributed by atoms with Gasteiger partial charge in [0.25, 0.3) is 0 Å². The Morgan fingerprint density at radius 1 is 1.25 bits per heavy atom. The van der Waals surface area contributed by atoms with E-state index < -0.39 is 52.7 Å². The molecular weight excluding hydrogens is 371 g/mol. The second-order valence-electron chi connectivity index (χ2n) is 6.24. The van der Waals surface area contributed by atoms with Crippen molar-refractivity contribution in [2.75, 3.05) is 0 Å². The maximum atomic E-state index is 13.5. The maximum absolute atomic E-state index is 13.5. The van der Waals surface area contributed by atoms with E-state index in [1.165, 1.54) is 0 Å². The number of benzene rings is 1. The standard InChI is InChI=1S/C16H14Cl2F4O2/c1-16(2)8(5-11(17)18)4-9(16)15(23)24-6-7-3-10(19)13(21)14(22)12(7)20/h3,5,8-9H,4,6H2,1-2H3. The summed E-state index contributed by atoms with van der Waals surface area (Å²) in [6.45, 7) is 2.94. The highest BCUT2D eigenvalue weighted by Crippen LogP contribution is 2.53. The molecule has 132 valence electrons. The third-order valence-corrected chi connectivity index (χ3v) is 4.75. The molecule has 0 bridgehead atoms. The van der Waals surface area contributed by atoms with Crippen molar-refractivity contribution in [3.63, 3.8) is 0 Å². The molecule has 0 aliphatic heterocycles. The molecule has 0 heterocycles. The molecule has 1 saturated carbocycles. The minimum absolute atomic E-state index is 0.0301. The molecule has 0 saturated heterocycles. The van der Waals surface area contributed by atoms with E-state index in [9.17, 15) is 22.4 Å². The largest absolute Gasteiger partial charge is 0.460 e. The first-order valence-corrected chi connectivity index (χ1v) is 7.82. The van der Waals surface area contributed by atoms with Crippen molar-refractivity contribution in [3.8, 4) is 0 Å². The Morgan fingerprint density at radius 2 is 1.88 bits per heavy atom. The van der Waals surface area contributed by atoms with Crippen molar-refractivity contribution in [1.82, 2.24) is 0 Å². The molecule has 1 aromatic rings. The minimum atomic E-state index is -1.94. The quantitative estimate of drug-likeness (QED) is 0.306. The average Bonchev–Trinajstić information content (AvgIpc) is 2.50. The van der Waals surface area contributed by atoms with Crippen LogP contribution in [0.25, 0.3) is 0 Å². The molecule has 2 unspecified atom stereocenters. The molecule has 0 amide bonds. The molecule has 2 atom stereocenters. The minimum Gasteiger partial charge on any atom is -0.460 e. The topological polar surface area (TPSA) is 26.3 Å². The van der Waals surface area contributed by atoms with Crippen LogP contribution in [0.15, 0.2) is 16.6 Å². The van der Waals surface area contributed by atoms with Crippen molar-refractivity contribution >= 4 is 29.2 Å². The summed E-state index contributed by atoms with van der Waals surface area (Å²) in [6.07, 6.45) is 2.06. The zero-order valence-corrected chi connectivity index (χ0v) is 14.3. The fourth-order valence-electron chi connectivity index (χ4n) is 2.77. The Balaban J connectivity index is 2.04. The number of esters is 1. The number of halogens is 6. The van der Waals surface area contributed by atoms with Crippen LogP contribution in [0.3, 0.4) is 0 Å². The molecule has 1 aliphatic rings. The zero-order chi connectivity index (χ0) is 18.2. The molecule has 2 rings (SSSR count). The van der Waals surface area contributed by atoms with E-state index in [1.807, 2.05) is 13.8 Å². The molecule has 1 aliphatic carbocycles. The molecule has 0 N–H and O–H groups in total. The van der Waals surface area contributed by atoms with Gasteiger partial charge in [-0.1, -0.05) is 43.1 Å². The fraction of sp³-hybridized carbons (Fsp3) is 0.438. The van der Waals surface area contributed by atoms with Crippen LogP contribution in [0.5, 0.6) is 0 Å². The number of carbonyl (C=O) groups excluding carboxylic acids is 1. The van der Waals surface area contributed by atoms with Crippen molar-refractivity contribution < 1.29 is 27.1 Å². The van der Waals surface area contributed by atoms with Gasteiger partial charge in [-0.05, 0) is 23.8 Å². The normalized spacial score (nSPS) is 21.8. The van der Waals surface area contributed by atoms with Crippen molar-refractivity contribution in [2.45, 2.75) is 26.9 Å². The van der Waals surface area contributed by atoms with Gasteiger partial charge in [0.05, 0.1) is 5.92 Å². The third-order valence-electron chi connectivity index (χ3n) is 4.50. The summed E-state index contributed by atoms with van der Waals surface area (Å²) in [5, 5.41) is 0. The average molecular weight is 385 g/mol. The Labute approximate surface area is 146 Å². The highest BCUT2D eigenvalue weighted by molar-refractivity contribution is 6.55. The highest BCUT2D eigenvalue weighted by atomic mass is 35.5. The van der Waals surface area contributed by atoms with E-state index in [2.05, 4.69) is 0 Å². The summed E-state index contributed by atoms with van der Waals surface area (Å²) in [4.78, 5) is 12.1. The van der Waals surface area contributed by atoms with Gasteiger partial charge < -0.3 is 4.74 Å². The molecule has 8 heteroatoms. The molecule has 24 heavy (non-hydrogen) atoms. The summed E-state index contributed by atoms with van der Waals surface area (Å²) < 4.78 is 57.7. The number of ether oxygens (including phenoxy) is 1. The predicted octanol–water partition coefficient (Wildman–Crippen LogP) is 5.27. The first kappa shape index (κ1) is 19.1. The van der Waals surface area contributed by atoms with Crippen LogP contribution in [0, 0.1) is 40.5 Å². The van der Waals surface area contributed by atoms with Crippen molar-refractivity contribution in [2.24, 2.45) is 17.3 Å². The molecule has 0 spiro atoms. The summed E-state index contributed by atoms with van der Waals surface area (Å²) in [5.74, 6) is -8.14. The van der Waals surface area contributed by atoms with Crippen molar-refractivity contribution in [3.05, 3.63) is 45.5 Å². The fourth-order valence-corrected chi connectivity index (χ4v) is 3.07. The number of carbonyl (C=O) groups is 1. The van der Waals surface area contributed by atoms with E-state index in [0.717, 1.165) is 0 Å². The summed E-state index contributed by atoms with van der Waals surface area (Å²) in [6, 6.07) is 0.464. The van der Waals surface area contributed by atoms with Gasteiger partial charge in [-0.15, -0.1) is 0 Å². The third kappa shape index (κ3) is 3.54. The number of allylic oxidation sites excluding steroid dienone is 1. The summed E-state index contributed by atoms with van der Waals surface area (Å²) in [7, 11) is 0. The van der Waals surface area contributed by atoms with Gasteiger partial charge in [0.15, 0.2) is 23.3 Å². The van der Waals surface area contributed by atoms with Gasteiger partial charge in [0, 0.05) is 5.56 Å². The van der Waals surface area contributed by atoms with Crippen LogP contribution in [-0.4, -0.2) is 5.97 Å². The van der Waals surface area contributed by atoms with Crippen LogP contribution in [0.4, 0.5) is 17.6 Å². The van der Waals surface area contributed by atoms with Crippen LogP contribution in [0.1, 0.15) is 25.8 Å². The number of hydrogen-bond donors (Lipinski definition) is 0. The summed E-state index contributed by atoms with van der Waals surface area (Å²) in [5.41, 5.74) is -1.05. The van der Waals surface area contributed by atoms with Crippen molar-refractivity contribution in [1.29, 1.82) is 0 Å². The van der Waals surface area contributed by atoms with Gasteiger partial charge >= 0.3 is 5.97 Å². The van der Waals surface area contributed by atoms with Gasteiger partial charge in [0.1, 0.15) is 11.1 Å². The lowest BCUT2D eigenvalue weighted by Gasteiger charge is -2.49. The Kier molecular flexibility index (Phi) is 5.50. The molecule has 1 aromatic carbocycles. The van der Waals surface area contributed by atoms with Crippen LogP contribution in [-0.2, 0) is 16.1 Å². The maximum Gasteiger partial charge on any atom is 0.309 e. The second kappa shape index (κ2) is 6.92. The SMILES string of the molecule is CC1(C)C(C=C(Cl)Cl)CC1C(=O)OCc1cc(F)c(F)c(F)c1F. The Morgan fingerprint density at radius 3 is 2.42 bits per heavy atom. The highest BCUT2D eigenvalue weighted by Gasteiger charge is 2.51. The van der Waals surface area contributed by atoms with E-state index >= 15 is 0 Å². The lowest BCUT2D eigenvalue weighted by atomic mass is 9.55. The summed E-state index contributed by atoms with van der Waals surface area (Å²) >= 11 is 11.2. The van der Waals surface area contributed by atoms with Gasteiger partial charge in [-0.2, -0.15) is 0 Å². The molecule has 0 radical (unpaired) electrons. The Bertz CT molecular complexity index is 700. The molecule has 1 fully saturated rings. The van der Waals surface area contributed by atoms with Gasteiger partial charge in [-0.25, -0.2) is 17.6 Å². The first-order chi connectivity index (χ1) is 11.1. The second-order valence-corrected chi connectivity index (χ2v) is 7.25. The molecular formula is C16H14Cl2F4O2.